The summed E-state index contributed by atoms with van der Waals surface area (Å²) < 4.78 is 15.1. The molecule has 0 saturated carbocycles. The lowest BCUT2D eigenvalue weighted by Crippen LogP contribution is -2.09. The number of aromatic nitrogens is 2. The molecular weight excluding hydrogens is 211 g/mol. The van der Waals surface area contributed by atoms with Crippen LogP contribution in [0.1, 0.15) is 18.5 Å². The first kappa shape index (κ1) is 10.6. The third kappa shape index (κ3) is 1.44. The maximum Gasteiger partial charge on any atom is 0.312 e. The zero-order valence-corrected chi connectivity index (χ0v) is 8.94. The largest absolute Gasteiger partial charge is 0.481 e. The van der Waals surface area contributed by atoms with Gasteiger partial charge < -0.3 is 5.11 Å². The number of nitrogens with zero attached hydrogens (tertiary/aromatic N) is 2. The Hall–Kier alpha value is -1.91. The SMILES string of the molecule is CC(C(=O)O)c1nn(C)c2cccc(F)c12. The molecule has 0 aliphatic rings. The molecule has 0 spiro atoms. The van der Waals surface area contributed by atoms with Gasteiger partial charge in [-0.05, 0) is 19.1 Å². The second kappa shape index (κ2) is 3.59. The Balaban J connectivity index is 2.76. The molecule has 2 rings (SSSR count). The van der Waals surface area contributed by atoms with Crippen LogP contribution in [-0.2, 0) is 11.8 Å². The quantitative estimate of drug-likeness (QED) is 0.844. The molecule has 1 aromatic heterocycles. The summed E-state index contributed by atoms with van der Waals surface area (Å²) in [6, 6.07) is 4.60. The fourth-order valence-electron chi connectivity index (χ4n) is 1.72. The predicted octanol–water partition coefficient (Wildman–Crippen LogP) is 1.90. The van der Waals surface area contributed by atoms with Crippen LogP contribution in [-0.4, -0.2) is 20.9 Å². The van der Waals surface area contributed by atoms with Crippen LogP contribution in [0.15, 0.2) is 18.2 Å². The first-order valence-electron chi connectivity index (χ1n) is 4.86. The first-order chi connectivity index (χ1) is 7.52. The highest BCUT2D eigenvalue weighted by molar-refractivity contribution is 5.88. The molecule has 0 aliphatic heterocycles. The first-order valence-corrected chi connectivity index (χ1v) is 4.86. The second-order valence-electron chi connectivity index (χ2n) is 3.70. The van der Waals surface area contributed by atoms with Crippen molar-refractivity contribution in [3.63, 3.8) is 0 Å². The van der Waals surface area contributed by atoms with E-state index in [1.165, 1.54) is 17.7 Å². The van der Waals surface area contributed by atoms with Gasteiger partial charge in [0.05, 0.1) is 22.5 Å². The summed E-state index contributed by atoms with van der Waals surface area (Å²) in [6.07, 6.45) is 0. The molecular formula is C11H11FN2O2. The monoisotopic (exact) mass is 222 g/mol. The molecule has 5 heteroatoms. The smallest absolute Gasteiger partial charge is 0.312 e. The van der Waals surface area contributed by atoms with Crippen molar-refractivity contribution in [3.05, 3.63) is 29.7 Å². The molecule has 0 radical (unpaired) electrons. The zero-order chi connectivity index (χ0) is 11.9. The van der Waals surface area contributed by atoms with E-state index in [-0.39, 0.29) is 5.69 Å². The van der Waals surface area contributed by atoms with E-state index < -0.39 is 17.7 Å². The summed E-state index contributed by atoms with van der Waals surface area (Å²) in [6.45, 7) is 1.50. The number of fused-ring (bicyclic) bond motifs is 1. The van der Waals surface area contributed by atoms with Crippen LogP contribution >= 0.6 is 0 Å². The van der Waals surface area contributed by atoms with Crippen molar-refractivity contribution in [3.8, 4) is 0 Å². The van der Waals surface area contributed by atoms with E-state index in [1.54, 1.807) is 19.2 Å². The molecule has 1 aromatic carbocycles. The van der Waals surface area contributed by atoms with Crippen LogP contribution < -0.4 is 0 Å². The van der Waals surface area contributed by atoms with Crippen LogP contribution in [0, 0.1) is 5.82 Å². The highest BCUT2D eigenvalue weighted by atomic mass is 19.1. The Morgan fingerprint density at radius 2 is 2.25 bits per heavy atom. The van der Waals surface area contributed by atoms with Crippen LogP contribution in [0.5, 0.6) is 0 Å². The minimum absolute atomic E-state index is 0.267. The van der Waals surface area contributed by atoms with Crippen LogP contribution in [0.4, 0.5) is 4.39 Å². The van der Waals surface area contributed by atoms with Gasteiger partial charge in [-0.2, -0.15) is 5.10 Å². The van der Waals surface area contributed by atoms with Gasteiger partial charge in [-0.25, -0.2) is 4.39 Å². The average molecular weight is 222 g/mol. The summed E-state index contributed by atoms with van der Waals surface area (Å²) in [7, 11) is 1.67. The Morgan fingerprint density at radius 3 is 2.88 bits per heavy atom. The summed E-state index contributed by atoms with van der Waals surface area (Å²) in [5.41, 5.74) is 0.867. The molecule has 84 valence electrons. The Bertz CT molecular complexity index is 562. The molecule has 2 aromatic rings. The number of hydrogen-bond acceptors (Lipinski definition) is 2. The maximum atomic E-state index is 13.6. The van der Waals surface area contributed by atoms with Crippen molar-refractivity contribution in [2.75, 3.05) is 0 Å². The summed E-state index contributed by atoms with van der Waals surface area (Å²) in [5.74, 6) is -2.27. The standard InChI is InChI=1S/C11H11FN2O2/c1-6(11(15)16)10-9-7(12)4-3-5-8(9)14(2)13-10/h3-6H,1-2H3,(H,15,16). The van der Waals surface area contributed by atoms with Gasteiger partial charge in [0.25, 0.3) is 0 Å². The Kier molecular flexibility index (Phi) is 2.38. The minimum atomic E-state index is -1.01. The molecule has 1 N–H and O–H groups in total. The summed E-state index contributed by atoms with van der Waals surface area (Å²) in [4.78, 5) is 10.9. The highest BCUT2D eigenvalue weighted by Crippen LogP contribution is 2.26. The number of carbonyl (C=O) groups is 1. The van der Waals surface area contributed by atoms with Crippen LogP contribution in [0.25, 0.3) is 10.9 Å². The number of carboxylic acids is 1. The second-order valence-corrected chi connectivity index (χ2v) is 3.70. The lowest BCUT2D eigenvalue weighted by molar-refractivity contribution is -0.138. The number of carboxylic acid groups (broad SMARTS) is 1. The number of aryl methyl sites for hydroxylation is 1. The van der Waals surface area contributed by atoms with Gasteiger partial charge in [0, 0.05) is 7.05 Å². The maximum absolute atomic E-state index is 13.6. The van der Waals surface area contributed by atoms with E-state index in [0.717, 1.165) is 0 Å². The molecule has 16 heavy (non-hydrogen) atoms. The van der Waals surface area contributed by atoms with Crippen molar-refractivity contribution in [2.24, 2.45) is 7.05 Å². The van der Waals surface area contributed by atoms with E-state index in [1.807, 2.05) is 0 Å². The number of aliphatic carboxylic acids is 1. The minimum Gasteiger partial charge on any atom is -0.481 e. The van der Waals surface area contributed by atoms with E-state index in [0.29, 0.717) is 10.9 Å². The van der Waals surface area contributed by atoms with Crippen molar-refractivity contribution in [2.45, 2.75) is 12.8 Å². The lowest BCUT2D eigenvalue weighted by atomic mass is 10.0. The fraction of sp³-hybridized carbons (Fsp3) is 0.273. The van der Waals surface area contributed by atoms with Gasteiger partial charge in [0.2, 0.25) is 0 Å². The van der Waals surface area contributed by atoms with Gasteiger partial charge in [0.15, 0.2) is 0 Å². The van der Waals surface area contributed by atoms with Crippen molar-refractivity contribution >= 4 is 16.9 Å². The predicted molar refractivity (Wildman–Crippen MR) is 56.7 cm³/mol. The van der Waals surface area contributed by atoms with Gasteiger partial charge in [-0.3, -0.25) is 9.48 Å². The van der Waals surface area contributed by atoms with Crippen molar-refractivity contribution < 1.29 is 14.3 Å². The molecule has 0 amide bonds. The summed E-state index contributed by atoms with van der Waals surface area (Å²) >= 11 is 0. The Labute approximate surface area is 91.3 Å². The number of hydrogen-bond donors (Lipinski definition) is 1. The number of halogens is 1. The van der Waals surface area contributed by atoms with E-state index in [9.17, 15) is 9.18 Å². The van der Waals surface area contributed by atoms with Gasteiger partial charge in [-0.15, -0.1) is 0 Å². The lowest BCUT2D eigenvalue weighted by Gasteiger charge is -2.02. The van der Waals surface area contributed by atoms with E-state index in [2.05, 4.69) is 5.10 Å². The topological polar surface area (TPSA) is 55.1 Å². The summed E-state index contributed by atoms with van der Waals surface area (Å²) in [5, 5.41) is 13.3. The molecule has 1 heterocycles. The third-order valence-electron chi connectivity index (χ3n) is 2.63. The molecule has 0 saturated heterocycles. The molecule has 1 unspecified atom stereocenters. The molecule has 4 nitrogen and oxygen atoms in total. The van der Waals surface area contributed by atoms with Crippen LogP contribution in [0.2, 0.25) is 0 Å². The average Bonchev–Trinajstić information content (AvgIpc) is 2.57. The number of rotatable bonds is 2. The van der Waals surface area contributed by atoms with Crippen molar-refractivity contribution in [1.82, 2.24) is 9.78 Å². The Morgan fingerprint density at radius 1 is 1.56 bits per heavy atom. The number of benzene rings is 1. The van der Waals surface area contributed by atoms with Crippen LogP contribution in [0.3, 0.4) is 0 Å². The van der Waals surface area contributed by atoms with E-state index >= 15 is 0 Å². The van der Waals surface area contributed by atoms with Gasteiger partial charge in [0.1, 0.15) is 5.82 Å². The fourth-order valence-corrected chi connectivity index (χ4v) is 1.72. The van der Waals surface area contributed by atoms with Crippen molar-refractivity contribution in [1.29, 1.82) is 0 Å². The van der Waals surface area contributed by atoms with Gasteiger partial charge >= 0.3 is 5.97 Å². The highest BCUT2D eigenvalue weighted by Gasteiger charge is 2.22. The normalized spacial score (nSPS) is 12.9. The van der Waals surface area contributed by atoms with Gasteiger partial charge in [-0.1, -0.05) is 6.07 Å². The molecule has 0 bridgehead atoms. The molecule has 1 atom stereocenters. The van der Waals surface area contributed by atoms with E-state index in [4.69, 9.17) is 5.11 Å². The molecule has 0 aliphatic carbocycles. The molecule has 0 fully saturated rings. The zero-order valence-electron chi connectivity index (χ0n) is 8.94. The third-order valence-corrected chi connectivity index (χ3v) is 2.63.